The predicted octanol–water partition coefficient (Wildman–Crippen LogP) is 5.11. The lowest BCUT2D eigenvalue weighted by Gasteiger charge is -2.10. The molecule has 0 bridgehead atoms. The molecule has 1 aromatic carbocycles. The van der Waals surface area contributed by atoms with Crippen molar-refractivity contribution in [2.24, 2.45) is 0 Å². The lowest BCUT2D eigenvalue weighted by Crippen LogP contribution is -2.17. The van der Waals surface area contributed by atoms with Crippen molar-refractivity contribution in [3.05, 3.63) is 63.8 Å². The molecule has 0 atom stereocenters. The quantitative estimate of drug-likeness (QED) is 0.216. The topological polar surface area (TPSA) is 95.3 Å². The number of nitrogens with zero attached hydrogens (tertiary/aromatic N) is 3. The molecule has 0 fully saturated rings. The number of nitrogens with one attached hydrogen (secondary N) is 1. The number of thiophene rings is 1. The van der Waals surface area contributed by atoms with Crippen molar-refractivity contribution < 1.29 is 19.1 Å². The molecule has 2 aromatic heterocycles. The number of amides is 1. The van der Waals surface area contributed by atoms with Crippen molar-refractivity contribution >= 4 is 40.0 Å². The lowest BCUT2D eigenvalue weighted by molar-refractivity contribution is -0.113. The lowest BCUT2D eigenvalue weighted by atomic mass is 10.1. The highest BCUT2D eigenvalue weighted by Gasteiger charge is 2.23. The van der Waals surface area contributed by atoms with E-state index in [0.717, 1.165) is 21.8 Å². The minimum atomic E-state index is -0.451. The van der Waals surface area contributed by atoms with Gasteiger partial charge in [0.15, 0.2) is 11.0 Å². The molecule has 10 heteroatoms. The van der Waals surface area contributed by atoms with Gasteiger partial charge in [-0.2, -0.15) is 0 Å². The van der Waals surface area contributed by atoms with E-state index < -0.39 is 5.97 Å². The molecule has 0 aliphatic carbocycles. The Hall–Kier alpha value is -3.11. The maximum absolute atomic E-state index is 12.7. The number of allylic oxidation sites excluding steroid dienone is 1. The summed E-state index contributed by atoms with van der Waals surface area (Å²) in [4.78, 5) is 26.0. The van der Waals surface area contributed by atoms with Gasteiger partial charge in [0.1, 0.15) is 17.4 Å². The third-order valence-corrected chi connectivity index (χ3v) is 7.52. The number of thioether (sulfide) groups is 1. The number of rotatable bonds is 11. The highest BCUT2D eigenvalue weighted by Crippen LogP contribution is 2.34. The molecular formula is C25H30N4O4S2. The Kier molecular flexibility index (Phi) is 9.11. The van der Waals surface area contributed by atoms with E-state index in [-0.39, 0.29) is 18.3 Å². The number of carbonyl (C=O) groups is 2. The second kappa shape index (κ2) is 12.0. The van der Waals surface area contributed by atoms with E-state index >= 15 is 0 Å². The summed E-state index contributed by atoms with van der Waals surface area (Å²) in [5.74, 6) is 0.805. The van der Waals surface area contributed by atoms with E-state index in [2.05, 4.69) is 29.0 Å². The van der Waals surface area contributed by atoms with E-state index in [1.807, 2.05) is 43.5 Å². The Bertz CT molecular complexity index is 1230. The van der Waals surface area contributed by atoms with Crippen LogP contribution in [0.25, 0.3) is 0 Å². The fraction of sp³-hybridized carbons (Fsp3) is 0.360. The Balaban J connectivity index is 1.68. The Morgan fingerprint density at radius 3 is 2.66 bits per heavy atom. The highest BCUT2D eigenvalue weighted by molar-refractivity contribution is 7.99. The number of hydrogen-bond donors (Lipinski definition) is 1. The second-order valence-corrected chi connectivity index (χ2v) is 10.0. The zero-order valence-electron chi connectivity index (χ0n) is 20.6. The van der Waals surface area contributed by atoms with E-state index in [1.165, 1.54) is 35.8 Å². The molecule has 35 heavy (non-hydrogen) atoms. The van der Waals surface area contributed by atoms with Crippen LogP contribution in [0.2, 0.25) is 0 Å². The number of methoxy groups -OCH3 is 1. The van der Waals surface area contributed by atoms with Crippen LogP contribution in [0.4, 0.5) is 5.00 Å². The molecule has 0 spiro atoms. The van der Waals surface area contributed by atoms with Crippen LogP contribution < -0.4 is 10.1 Å². The van der Waals surface area contributed by atoms with Crippen LogP contribution in [-0.4, -0.2) is 39.5 Å². The van der Waals surface area contributed by atoms with Crippen molar-refractivity contribution in [3.63, 3.8) is 0 Å². The van der Waals surface area contributed by atoms with Crippen LogP contribution in [-0.2, 0) is 29.1 Å². The highest BCUT2D eigenvalue weighted by atomic mass is 32.2. The third kappa shape index (κ3) is 6.32. The van der Waals surface area contributed by atoms with Gasteiger partial charge < -0.3 is 14.8 Å². The summed E-state index contributed by atoms with van der Waals surface area (Å²) in [5.41, 5.74) is 3.67. The monoisotopic (exact) mass is 514 g/mol. The zero-order chi connectivity index (χ0) is 25.5. The number of anilines is 1. The zero-order valence-corrected chi connectivity index (χ0v) is 22.3. The molecule has 0 radical (unpaired) electrons. The van der Waals surface area contributed by atoms with E-state index in [1.54, 1.807) is 6.08 Å². The minimum Gasteiger partial charge on any atom is -0.486 e. The summed E-state index contributed by atoms with van der Waals surface area (Å²) >= 11 is 2.64. The van der Waals surface area contributed by atoms with Crippen LogP contribution in [0, 0.1) is 20.8 Å². The number of esters is 1. The molecule has 0 unspecified atom stereocenters. The molecule has 1 amide bonds. The Labute approximate surface area is 213 Å². The summed E-state index contributed by atoms with van der Waals surface area (Å²) in [6.45, 7) is 12.5. The maximum Gasteiger partial charge on any atom is 0.341 e. The van der Waals surface area contributed by atoms with Gasteiger partial charge in [-0.25, -0.2) is 4.79 Å². The maximum atomic E-state index is 12.7. The van der Waals surface area contributed by atoms with Crippen LogP contribution in [0.3, 0.4) is 0 Å². The molecule has 0 saturated heterocycles. The SMILES string of the molecule is C=CCn1c(COc2ccc(C)c(C)c2)nnc1SCC(=O)Nc1sc(C)c(CC)c1C(=O)OC. The fourth-order valence-corrected chi connectivity index (χ4v) is 5.42. The van der Waals surface area contributed by atoms with Gasteiger partial charge in [-0.05, 0) is 56.0 Å². The average molecular weight is 515 g/mol. The summed E-state index contributed by atoms with van der Waals surface area (Å²) < 4.78 is 12.7. The van der Waals surface area contributed by atoms with Gasteiger partial charge in [0.2, 0.25) is 5.91 Å². The third-order valence-electron chi connectivity index (χ3n) is 5.49. The Morgan fingerprint density at radius 1 is 1.23 bits per heavy atom. The van der Waals surface area contributed by atoms with Gasteiger partial charge in [0.05, 0.1) is 18.4 Å². The van der Waals surface area contributed by atoms with Crippen molar-refractivity contribution in [2.45, 2.75) is 52.4 Å². The number of aromatic nitrogens is 3. The van der Waals surface area contributed by atoms with E-state index in [0.29, 0.717) is 34.5 Å². The molecule has 0 saturated carbocycles. The standard InChI is InChI=1S/C25H30N4O4S2/c1-7-11-29-20(13-33-18-10-9-15(3)16(4)12-18)27-28-25(29)34-14-21(30)26-23-22(24(31)32-6)19(8-2)17(5)35-23/h7,9-10,12H,1,8,11,13-14H2,2-6H3,(H,26,30). The number of benzene rings is 1. The fourth-order valence-electron chi connectivity index (χ4n) is 3.50. The van der Waals surface area contributed by atoms with Crippen LogP contribution >= 0.6 is 23.1 Å². The van der Waals surface area contributed by atoms with Crippen molar-refractivity contribution in [1.82, 2.24) is 14.8 Å². The normalized spacial score (nSPS) is 10.8. The largest absolute Gasteiger partial charge is 0.486 e. The summed E-state index contributed by atoms with van der Waals surface area (Å²) in [6.07, 6.45) is 2.42. The Morgan fingerprint density at radius 2 is 2.00 bits per heavy atom. The molecule has 2 heterocycles. The second-order valence-electron chi connectivity index (χ2n) is 7.86. The smallest absolute Gasteiger partial charge is 0.341 e. The summed E-state index contributed by atoms with van der Waals surface area (Å²) in [5, 5.41) is 12.5. The molecule has 1 N–H and O–H groups in total. The first-order valence-electron chi connectivity index (χ1n) is 11.1. The van der Waals surface area contributed by atoms with Gasteiger partial charge >= 0.3 is 5.97 Å². The number of carbonyl (C=O) groups excluding carboxylic acids is 2. The molecular weight excluding hydrogens is 484 g/mol. The number of aryl methyl sites for hydroxylation is 3. The van der Waals surface area contributed by atoms with E-state index in [9.17, 15) is 9.59 Å². The van der Waals surface area contributed by atoms with Gasteiger partial charge in [-0.15, -0.1) is 28.1 Å². The predicted molar refractivity (Wildman–Crippen MR) is 140 cm³/mol. The first-order valence-corrected chi connectivity index (χ1v) is 12.9. The van der Waals surface area contributed by atoms with Gasteiger partial charge in [0, 0.05) is 11.4 Å². The molecule has 0 aliphatic heterocycles. The van der Waals surface area contributed by atoms with Crippen molar-refractivity contribution in [2.75, 3.05) is 18.2 Å². The first-order chi connectivity index (χ1) is 16.8. The van der Waals surface area contributed by atoms with Crippen molar-refractivity contribution in [1.29, 1.82) is 0 Å². The molecule has 3 rings (SSSR count). The minimum absolute atomic E-state index is 0.103. The number of hydrogen-bond acceptors (Lipinski definition) is 8. The molecule has 0 aliphatic rings. The van der Waals surface area contributed by atoms with Crippen LogP contribution in [0.15, 0.2) is 36.0 Å². The molecule has 8 nitrogen and oxygen atoms in total. The summed E-state index contributed by atoms with van der Waals surface area (Å²) in [7, 11) is 1.34. The van der Waals surface area contributed by atoms with Crippen LogP contribution in [0.1, 0.15) is 44.7 Å². The van der Waals surface area contributed by atoms with E-state index in [4.69, 9.17) is 9.47 Å². The van der Waals surface area contributed by atoms with Crippen molar-refractivity contribution in [3.8, 4) is 5.75 Å². The van der Waals surface area contributed by atoms with Crippen LogP contribution in [0.5, 0.6) is 5.75 Å². The summed E-state index contributed by atoms with van der Waals surface area (Å²) in [6, 6.07) is 5.93. The average Bonchev–Trinajstić information content (AvgIpc) is 3.37. The van der Waals surface area contributed by atoms with Gasteiger partial charge in [0.25, 0.3) is 0 Å². The first kappa shape index (κ1) is 26.5. The number of ether oxygens (including phenoxy) is 2. The molecule has 186 valence electrons. The van der Waals surface area contributed by atoms with Gasteiger partial charge in [-0.3, -0.25) is 9.36 Å². The molecule has 3 aromatic rings. The van der Waals surface area contributed by atoms with Gasteiger partial charge in [-0.1, -0.05) is 30.8 Å².